The van der Waals surface area contributed by atoms with E-state index in [1.54, 1.807) is 0 Å². The number of nitrogens with zero attached hydrogens (tertiary/aromatic N) is 5. The quantitative estimate of drug-likeness (QED) is 0.459. The number of H-pyrrole nitrogens is 1. The summed E-state index contributed by atoms with van der Waals surface area (Å²) in [5, 5.41) is 7.80. The first-order valence-electron chi connectivity index (χ1n) is 8.89. The molecule has 0 aliphatic heterocycles. The average molecular weight is 437 g/mol. The van der Waals surface area contributed by atoms with Crippen LogP contribution in [0.4, 0.5) is 0 Å². The molecule has 0 saturated carbocycles. The lowest BCUT2D eigenvalue weighted by molar-refractivity contribution is 0.318. The van der Waals surface area contributed by atoms with E-state index in [1.165, 1.54) is 33.5 Å². The molecule has 29 heavy (non-hydrogen) atoms. The lowest BCUT2D eigenvalue weighted by atomic mass is 10.2. The summed E-state index contributed by atoms with van der Waals surface area (Å²) >= 11 is 0. The van der Waals surface area contributed by atoms with Crippen LogP contribution in [-0.2, 0) is 15.6 Å². The van der Waals surface area contributed by atoms with Gasteiger partial charge in [0.2, 0.25) is 0 Å². The van der Waals surface area contributed by atoms with Crippen LogP contribution in [0.2, 0.25) is 0 Å². The molecule has 0 bridgehead atoms. The molecule has 0 radical (unpaired) electrons. The zero-order valence-corrected chi connectivity index (χ0v) is 17.2. The highest BCUT2D eigenvalue weighted by Crippen LogP contribution is 2.33. The van der Waals surface area contributed by atoms with Gasteiger partial charge in [0.05, 0.1) is 17.1 Å². The number of rotatable bonds is 6. The Hall–Kier alpha value is -2.92. The van der Waals surface area contributed by atoms with Crippen molar-refractivity contribution in [2.75, 3.05) is 6.61 Å². The fraction of sp³-hybridized carbons (Fsp3) is 0.294. The number of hydrogen-bond donors (Lipinski definition) is 1. The normalized spacial score (nSPS) is 12.1. The van der Waals surface area contributed by atoms with Gasteiger partial charge in [-0.2, -0.15) is 0 Å². The summed E-state index contributed by atoms with van der Waals surface area (Å²) < 4.78 is 32.2. The van der Waals surface area contributed by atoms with E-state index in [-0.39, 0.29) is 10.6 Å². The summed E-state index contributed by atoms with van der Waals surface area (Å²) in [5.74, 6) is 0.767. The van der Waals surface area contributed by atoms with Gasteiger partial charge in [-0.25, -0.2) is 22.6 Å². The van der Waals surface area contributed by atoms with Crippen LogP contribution in [0, 0.1) is 0 Å². The van der Waals surface area contributed by atoms with Crippen LogP contribution in [0.15, 0.2) is 34.2 Å². The Morgan fingerprint density at radius 2 is 2.03 bits per heavy atom. The molecule has 0 saturated heterocycles. The summed E-state index contributed by atoms with van der Waals surface area (Å²) in [6, 6.07) is 4.30. The third-order valence-electron chi connectivity index (χ3n) is 4.41. The van der Waals surface area contributed by atoms with Gasteiger partial charge in [-0.05, 0) is 31.5 Å². The van der Waals surface area contributed by atoms with Gasteiger partial charge in [-0.1, -0.05) is 6.92 Å². The molecule has 1 N–H and O–H groups in total. The minimum atomic E-state index is -3.95. The Kier molecular flexibility index (Phi) is 4.79. The minimum absolute atomic E-state index is 0.0843. The van der Waals surface area contributed by atoms with Crippen molar-refractivity contribution < 1.29 is 13.2 Å². The highest BCUT2D eigenvalue weighted by atomic mass is 35.7. The molecule has 4 rings (SSSR count). The topological polar surface area (TPSA) is 124 Å². The maximum absolute atomic E-state index is 12.6. The number of aromatic nitrogens is 6. The molecule has 0 aliphatic carbocycles. The number of halogens is 1. The SMILES string of the molecule is CCCOc1ccc(S(=O)(=O)Cl)cc1-c1nc2c([nH]1)c1nncn1c(=O)n2CC. The molecule has 1 aromatic carbocycles. The van der Waals surface area contributed by atoms with Crippen LogP contribution in [0.3, 0.4) is 0 Å². The first-order valence-corrected chi connectivity index (χ1v) is 11.2. The number of hydrogen-bond acceptors (Lipinski definition) is 7. The number of benzene rings is 1. The van der Waals surface area contributed by atoms with Crippen molar-refractivity contribution in [3.05, 3.63) is 35.0 Å². The largest absolute Gasteiger partial charge is 0.493 e. The van der Waals surface area contributed by atoms with E-state index in [1.807, 2.05) is 13.8 Å². The van der Waals surface area contributed by atoms with E-state index in [2.05, 4.69) is 20.2 Å². The number of nitrogens with one attached hydrogen (secondary N) is 1. The van der Waals surface area contributed by atoms with E-state index in [0.717, 1.165) is 6.42 Å². The van der Waals surface area contributed by atoms with Crippen molar-refractivity contribution in [2.45, 2.75) is 31.7 Å². The fourth-order valence-corrected chi connectivity index (χ4v) is 3.85. The first kappa shape index (κ1) is 19.4. The van der Waals surface area contributed by atoms with Gasteiger partial charge in [-0.15, -0.1) is 10.2 Å². The zero-order chi connectivity index (χ0) is 20.8. The second kappa shape index (κ2) is 7.16. The van der Waals surface area contributed by atoms with Gasteiger partial charge in [0.15, 0.2) is 11.3 Å². The average Bonchev–Trinajstić information content (AvgIpc) is 3.33. The Bertz CT molecular complexity index is 1390. The van der Waals surface area contributed by atoms with Crippen LogP contribution in [0.1, 0.15) is 20.3 Å². The molecule has 12 heteroatoms. The van der Waals surface area contributed by atoms with Gasteiger partial charge in [0, 0.05) is 17.2 Å². The Labute approximate surface area is 169 Å². The van der Waals surface area contributed by atoms with Crippen molar-refractivity contribution in [2.24, 2.45) is 0 Å². The van der Waals surface area contributed by atoms with Gasteiger partial charge in [0.1, 0.15) is 23.4 Å². The molecule has 3 heterocycles. The van der Waals surface area contributed by atoms with Crippen LogP contribution < -0.4 is 10.4 Å². The maximum Gasteiger partial charge on any atom is 0.336 e. The minimum Gasteiger partial charge on any atom is -0.493 e. The van der Waals surface area contributed by atoms with Gasteiger partial charge in [-0.3, -0.25) is 4.57 Å². The summed E-state index contributed by atoms with van der Waals surface area (Å²) in [6.45, 7) is 4.60. The van der Waals surface area contributed by atoms with E-state index >= 15 is 0 Å². The number of fused-ring (bicyclic) bond motifs is 3. The predicted octanol–water partition coefficient (Wildman–Crippen LogP) is 2.17. The number of aromatic amines is 1. The summed E-state index contributed by atoms with van der Waals surface area (Å²) in [4.78, 5) is 20.2. The third kappa shape index (κ3) is 3.25. The van der Waals surface area contributed by atoms with E-state index in [4.69, 9.17) is 15.4 Å². The maximum atomic E-state index is 12.6. The van der Waals surface area contributed by atoms with Crippen molar-refractivity contribution >= 4 is 36.5 Å². The third-order valence-corrected chi connectivity index (χ3v) is 5.77. The lowest BCUT2D eigenvalue weighted by Crippen LogP contribution is -2.26. The molecule has 0 unspecified atom stereocenters. The highest BCUT2D eigenvalue weighted by molar-refractivity contribution is 8.13. The predicted molar refractivity (Wildman–Crippen MR) is 107 cm³/mol. The molecule has 0 amide bonds. The molecule has 0 spiro atoms. The van der Waals surface area contributed by atoms with Crippen LogP contribution in [0.25, 0.3) is 28.2 Å². The Morgan fingerprint density at radius 3 is 2.72 bits per heavy atom. The molecule has 3 aromatic heterocycles. The number of imidazole rings is 1. The molecule has 0 aliphatic rings. The van der Waals surface area contributed by atoms with Gasteiger partial charge < -0.3 is 9.72 Å². The second-order valence-corrected chi connectivity index (χ2v) is 8.85. The standard InChI is InChI=1S/C17H17ClN6O4S/c1-3-7-28-12-6-5-10(29(18,26)27)8-11(12)14-20-13-15(21-14)23(4-2)17(25)24-9-19-22-16(13)24/h5-6,8-9H,3-4,7H2,1-2H3,(H,20,21). The molecule has 10 nitrogen and oxygen atoms in total. The lowest BCUT2D eigenvalue weighted by Gasteiger charge is -2.10. The van der Waals surface area contributed by atoms with Crippen molar-refractivity contribution in [1.82, 2.24) is 29.1 Å². The van der Waals surface area contributed by atoms with Crippen LogP contribution in [0.5, 0.6) is 5.75 Å². The zero-order valence-electron chi connectivity index (χ0n) is 15.6. The molecule has 4 aromatic rings. The number of ether oxygens (including phenoxy) is 1. The highest BCUT2D eigenvalue weighted by Gasteiger charge is 2.21. The molecule has 0 atom stereocenters. The van der Waals surface area contributed by atoms with Crippen molar-refractivity contribution in [3.63, 3.8) is 0 Å². The van der Waals surface area contributed by atoms with Crippen LogP contribution >= 0.6 is 10.7 Å². The van der Waals surface area contributed by atoms with Gasteiger partial charge >= 0.3 is 5.69 Å². The van der Waals surface area contributed by atoms with E-state index in [0.29, 0.717) is 47.1 Å². The van der Waals surface area contributed by atoms with Crippen LogP contribution in [-0.4, -0.2) is 44.2 Å². The van der Waals surface area contributed by atoms with Crippen molar-refractivity contribution in [3.8, 4) is 17.1 Å². The summed E-state index contributed by atoms with van der Waals surface area (Å²) in [5.41, 5.74) is 1.29. The molecule has 152 valence electrons. The summed E-state index contributed by atoms with van der Waals surface area (Å²) in [6.07, 6.45) is 2.10. The van der Waals surface area contributed by atoms with E-state index < -0.39 is 9.05 Å². The van der Waals surface area contributed by atoms with Gasteiger partial charge in [0.25, 0.3) is 9.05 Å². The second-order valence-electron chi connectivity index (χ2n) is 6.28. The monoisotopic (exact) mass is 436 g/mol. The first-order chi connectivity index (χ1) is 13.8. The van der Waals surface area contributed by atoms with E-state index in [9.17, 15) is 13.2 Å². The Morgan fingerprint density at radius 1 is 1.24 bits per heavy atom. The number of aryl methyl sites for hydroxylation is 1. The molecular formula is C17H17ClN6O4S. The Balaban J connectivity index is 2.02. The fourth-order valence-electron chi connectivity index (χ4n) is 3.08. The van der Waals surface area contributed by atoms with Crippen molar-refractivity contribution in [1.29, 1.82) is 0 Å². The summed E-state index contributed by atoms with van der Waals surface area (Å²) in [7, 11) is 1.57. The molecular weight excluding hydrogens is 420 g/mol. The molecule has 0 fully saturated rings. The smallest absolute Gasteiger partial charge is 0.336 e.